The minimum atomic E-state index is -4.58. The summed E-state index contributed by atoms with van der Waals surface area (Å²) in [6, 6.07) is 9.71. The molecule has 0 aromatic heterocycles. The number of nitrogens with one attached hydrogen (secondary N) is 1. The van der Waals surface area contributed by atoms with Gasteiger partial charge in [-0.2, -0.15) is 13.2 Å². The van der Waals surface area contributed by atoms with Gasteiger partial charge in [-0.15, -0.1) is 0 Å². The van der Waals surface area contributed by atoms with E-state index in [1.54, 1.807) is 42.5 Å². The normalized spacial score (nSPS) is 16.0. The third kappa shape index (κ3) is 7.20. The van der Waals surface area contributed by atoms with E-state index in [9.17, 15) is 18.3 Å². The average molecular weight is 508 g/mol. The number of alkyl halides is 3. The Kier molecular flexibility index (Phi) is 8.87. The molecule has 0 heterocycles. The van der Waals surface area contributed by atoms with Crippen LogP contribution in [0.5, 0.6) is 0 Å². The van der Waals surface area contributed by atoms with Crippen molar-refractivity contribution in [3.63, 3.8) is 0 Å². The third-order valence-corrected chi connectivity index (χ3v) is 10.9. The van der Waals surface area contributed by atoms with Crippen LogP contribution in [0.2, 0.25) is 28.2 Å². The molecule has 0 aliphatic rings. The van der Waals surface area contributed by atoms with E-state index in [0.717, 1.165) is 0 Å². The molecule has 2 aromatic carbocycles. The maximum atomic E-state index is 14.0. The molecule has 0 saturated heterocycles. The number of halogens is 5. The van der Waals surface area contributed by atoms with E-state index in [0.29, 0.717) is 21.2 Å². The molecule has 0 fully saturated rings. The highest BCUT2D eigenvalue weighted by Gasteiger charge is 2.45. The summed E-state index contributed by atoms with van der Waals surface area (Å²) in [5.74, 6) is 0. The predicted molar refractivity (Wildman–Crippen MR) is 127 cm³/mol. The van der Waals surface area contributed by atoms with Crippen LogP contribution in [-0.4, -0.2) is 32.2 Å². The van der Waals surface area contributed by atoms with E-state index < -0.39 is 39.3 Å². The van der Waals surface area contributed by atoms with E-state index >= 15 is 0 Å². The molecule has 0 saturated carbocycles. The fourth-order valence-corrected chi connectivity index (χ4v) is 4.23. The molecule has 1 unspecified atom stereocenters. The van der Waals surface area contributed by atoms with E-state index in [2.05, 4.69) is 5.32 Å². The minimum Gasteiger partial charge on any atom is -0.415 e. The largest absolute Gasteiger partial charge is 0.415 e. The van der Waals surface area contributed by atoms with Gasteiger partial charge < -0.3 is 9.53 Å². The Morgan fingerprint density at radius 1 is 0.969 bits per heavy atom. The molecule has 2 aromatic rings. The fraction of sp³-hybridized carbons (Fsp3) is 0.478. The number of hydrogen-bond acceptors (Lipinski definition) is 3. The minimum absolute atomic E-state index is 0.237. The van der Waals surface area contributed by atoms with Gasteiger partial charge in [0.25, 0.3) is 0 Å². The Morgan fingerprint density at radius 3 is 2.06 bits per heavy atom. The van der Waals surface area contributed by atoms with Gasteiger partial charge in [0.1, 0.15) is 6.04 Å². The quantitative estimate of drug-likeness (QED) is 0.368. The van der Waals surface area contributed by atoms with Crippen molar-refractivity contribution in [2.75, 3.05) is 6.61 Å². The van der Waals surface area contributed by atoms with Gasteiger partial charge in [-0.1, -0.05) is 68.2 Å². The summed E-state index contributed by atoms with van der Waals surface area (Å²) in [6.45, 7) is 9.15. The third-order valence-electron chi connectivity index (χ3n) is 5.93. The molecule has 32 heavy (non-hydrogen) atoms. The van der Waals surface area contributed by atoms with Gasteiger partial charge in [0.15, 0.2) is 8.32 Å². The molecule has 0 aliphatic carbocycles. The van der Waals surface area contributed by atoms with Gasteiger partial charge in [-0.3, -0.25) is 5.32 Å². The topological polar surface area (TPSA) is 41.5 Å². The number of aliphatic hydroxyl groups excluding tert-OH is 1. The molecule has 0 amide bonds. The van der Waals surface area contributed by atoms with Crippen molar-refractivity contribution >= 4 is 31.5 Å². The van der Waals surface area contributed by atoms with Gasteiger partial charge in [0.2, 0.25) is 0 Å². The number of aliphatic hydroxyl groups is 1. The highest BCUT2D eigenvalue weighted by atomic mass is 35.5. The molecular formula is C23H30Cl2F3NO2Si. The van der Waals surface area contributed by atoms with Crippen LogP contribution in [0.15, 0.2) is 48.5 Å². The molecule has 178 valence electrons. The Balaban J connectivity index is 2.38. The second-order valence-corrected chi connectivity index (χ2v) is 15.0. The second-order valence-electron chi connectivity index (χ2n) is 9.36. The first-order valence-corrected chi connectivity index (χ1v) is 13.9. The Bertz CT molecular complexity index is 886. The smallest absolute Gasteiger partial charge is 0.406 e. The lowest BCUT2D eigenvalue weighted by molar-refractivity contribution is -0.166. The highest BCUT2D eigenvalue weighted by molar-refractivity contribution is 6.74. The molecule has 2 N–H and O–H groups in total. The van der Waals surface area contributed by atoms with E-state index in [4.69, 9.17) is 27.6 Å². The SMILES string of the molecule is CC(C)(C)[Si](C)(C)OCC(N[C@H](c1ccc(Cl)cc1)[C@H](O)c1cccc(Cl)c1)C(F)(F)F. The number of benzene rings is 2. The molecule has 0 aliphatic heterocycles. The van der Waals surface area contributed by atoms with Crippen LogP contribution in [0.4, 0.5) is 13.2 Å². The zero-order valence-corrected chi connectivity index (χ0v) is 21.3. The summed E-state index contributed by atoms with van der Waals surface area (Å²) >= 11 is 12.0. The van der Waals surface area contributed by atoms with Crippen molar-refractivity contribution in [2.45, 2.75) is 63.3 Å². The molecule has 0 radical (unpaired) electrons. The van der Waals surface area contributed by atoms with Crippen molar-refractivity contribution in [1.29, 1.82) is 0 Å². The number of rotatable bonds is 8. The lowest BCUT2D eigenvalue weighted by Crippen LogP contribution is -2.52. The predicted octanol–water partition coefficient (Wildman–Crippen LogP) is 7.31. The van der Waals surface area contributed by atoms with E-state index in [1.165, 1.54) is 6.07 Å². The van der Waals surface area contributed by atoms with E-state index in [-0.39, 0.29) is 5.04 Å². The lowest BCUT2D eigenvalue weighted by Gasteiger charge is -2.38. The summed E-state index contributed by atoms with van der Waals surface area (Å²) in [7, 11) is -2.42. The summed E-state index contributed by atoms with van der Waals surface area (Å²) in [5, 5.41) is 14.2. The zero-order valence-electron chi connectivity index (χ0n) is 18.8. The summed E-state index contributed by atoms with van der Waals surface area (Å²) in [6.07, 6.45) is -5.87. The van der Waals surface area contributed by atoms with Crippen molar-refractivity contribution in [3.8, 4) is 0 Å². The first-order valence-electron chi connectivity index (χ1n) is 10.3. The highest BCUT2D eigenvalue weighted by Crippen LogP contribution is 2.38. The Labute approximate surface area is 199 Å². The second kappa shape index (κ2) is 10.4. The maximum Gasteiger partial charge on any atom is 0.406 e. The first-order chi connectivity index (χ1) is 14.6. The Hall–Kier alpha value is -1.09. The number of hydrogen-bond donors (Lipinski definition) is 2. The van der Waals surface area contributed by atoms with Crippen molar-refractivity contribution < 1.29 is 22.7 Å². The summed E-state index contributed by atoms with van der Waals surface area (Å²) < 4.78 is 47.9. The summed E-state index contributed by atoms with van der Waals surface area (Å²) in [5.41, 5.74) is 0.861. The fourth-order valence-electron chi connectivity index (χ4n) is 2.88. The van der Waals surface area contributed by atoms with Crippen LogP contribution >= 0.6 is 23.2 Å². The first kappa shape index (κ1) is 27.2. The molecule has 2 rings (SSSR count). The molecule has 3 atom stereocenters. The average Bonchev–Trinajstić information content (AvgIpc) is 2.66. The van der Waals surface area contributed by atoms with E-state index in [1.807, 2.05) is 33.9 Å². The van der Waals surface area contributed by atoms with Crippen LogP contribution < -0.4 is 5.32 Å². The molecule has 0 spiro atoms. The monoisotopic (exact) mass is 507 g/mol. The van der Waals surface area contributed by atoms with Gasteiger partial charge in [-0.05, 0) is 53.5 Å². The van der Waals surface area contributed by atoms with Crippen LogP contribution in [0.25, 0.3) is 0 Å². The van der Waals surface area contributed by atoms with Crippen molar-refractivity contribution in [3.05, 3.63) is 69.7 Å². The molecule has 3 nitrogen and oxygen atoms in total. The Morgan fingerprint density at radius 2 is 1.56 bits per heavy atom. The zero-order chi connectivity index (χ0) is 24.3. The van der Waals surface area contributed by atoms with Gasteiger partial charge >= 0.3 is 6.18 Å². The van der Waals surface area contributed by atoms with Crippen molar-refractivity contribution in [1.82, 2.24) is 5.32 Å². The van der Waals surface area contributed by atoms with Crippen LogP contribution in [0.1, 0.15) is 44.0 Å². The lowest BCUT2D eigenvalue weighted by atomic mass is 9.95. The maximum absolute atomic E-state index is 14.0. The van der Waals surface area contributed by atoms with Crippen LogP contribution in [-0.2, 0) is 4.43 Å². The van der Waals surface area contributed by atoms with Crippen LogP contribution in [0, 0.1) is 0 Å². The van der Waals surface area contributed by atoms with Crippen LogP contribution in [0.3, 0.4) is 0 Å². The van der Waals surface area contributed by atoms with Gasteiger partial charge in [0, 0.05) is 10.0 Å². The van der Waals surface area contributed by atoms with Gasteiger partial charge in [0.05, 0.1) is 18.8 Å². The van der Waals surface area contributed by atoms with Crippen molar-refractivity contribution in [2.24, 2.45) is 0 Å². The van der Waals surface area contributed by atoms with Gasteiger partial charge in [-0.25, -0.2) is 0 Å². The summed E-state index contributed by atoms with van der Waals surface area (Å²) in [4.78, 5) is 0. The molecular weight excluding hydrogens is 478 g/mol. The molecule has 0 bridgehead atoms. The standard InChI is InChI=1S/C23H30Cl2F3NO2Si/c1-22(2,3)32(4,5)31-14-19(23(26,27)28)29-20(15-9-11-17(24)12-10-15)21(30)16-7-6-8-18(25)13-16/h6-13,19-21,29-30H,14H2,1-5H3/t19?,20-,21-/m1/s1. The molecule has 9 heteroatoms.